The molecule has 0 bridgehead atoms. The second-order valence-corrected chi connectivity index (χ2v) is 5.62. The number of para-hydroxylation sites is 1. The van der Waals surface area contributed by atoms with Crippen molar-refractivity contribution >= 4 is 17.5 Å². The number of rotatable bonds is 4. The van der Waals surface area contributed by atoms with E-state index in [2.05, 4.69) is 5.32 Å². The minimum absolute atomic E-state index is 0.143. The molecule has 1 aliphatic heterocycles. The summed E-state index contributed by atoms with van der Waals surface area (Å²) in [5.41, 5.74) is 0.472. The molecule has 0 aromatic heterocycles. The van der Waals surface area contributed by atoms with Gasteiger partial charge in [0, 0.05) is 6.54 Å². The molecule has 1 atom stereocenters. The quantitative estimate of drug-likeness (QED) is 0.936. The van der Waals surface area contributed by atoms with Crippen LogP contribution in [0.3, 0.4) is 0 Å². The van der Waals surface area contributed by atoms with Crippen LogP contribution in [0.15, 0.2) is 48.5 Å². The van der Waals surface area contributed by atoms with E-state index in [0.29, 0.717) is 13.0 Å². The maximum absolute atomic E-state index is 13.8. The second-order valence-electron chi connectivity index (χ2n) is 5.62. The normalized spacial score (nSPS) is 17.2. The number of carbonyl (C=O) groups is 2. The molecular weight excluding hydrogens is 314 g/mol. The summed E-state index contributed by atoms with van der Waals surface area (Å²) in [6.07, 6.45) is 0.242. The Morgan fingerprint density at radius 3 is 2.46 bits per heavy atom. The fourth-order valence-electron chi connectivity index (χ4n) is 2.78. The zero-order valence-corrected chi connectivity index (χ0v) is 12.8. The maximum atomic E-state index is 13.8. The SMILES string of the molecule is O=C(Cc1ccccc1F)N[C@H]1CCN(c2ccccc2F)C1=O. The highest BCUT2D eigenvalue weighted by atomic mass is 19.1. The lowest BCUT2D eigenvalue weighted by molar-refractivity contribution is -0.126. The van der Waals surface area contributed by atoms with Crippen LogP contribution in [-0.2, 0) is 16.0 Å². The molecule has 0 saturated carbocycles. The van der Waals surface area contributed by atoms with Crippen molar-refractivity contribution in [2.75, 3.05) is 11.4 Å². The summed E-state index contributed by atoms with van der Waals surface area (Å²) in [6.45, 7) is 0.324. The van der Waals surface area contributed by atoms with Crippen LogP contribution in [0.4, 0.5) is 14.5 Å². The summed E-state index contributed by atoms with van der Waals surface area (Å²) in [4.78, 5) is 25.8. The number of anilines is 1. The number of carbonyl (C=O) groups excluding carboxylic acids is 2. The Morgan fingerprint density at radius 2 is 1.75 bits per heavy atom. The molecule has 1 fully saturated rings. The summed E-state index contributed by atoms with van der Waals surface area (Å²) < 4.78 is 27.4. The Kier molecular flexibility index (Phi) is 4.55. The molecule has 4 nitrogen and oxygen atoms in total. The summed E-state index contributed by atoms with van der Waals surface area (Å²) >= 11 is 0. The molecule has 24 heavy (non-hydrogen) atoms. The van der Waals surface area contributed by atoms with Crippen LogP contribution in [-0.4, -0.2) is 24.4 Å². The third-order valence-corrected chi connectivity index (χ3v) is 3.99. The first-order valence-electron chi connectivity index (χ1n) is 7.65. The van der Waals surface area contributed by atoms with Gasteiger partial charge in [0.15, 0.2) is 0 Å². The van der Waals surface area contributed by atoms with E-state index in [9.17, 15) is 18.4 Å². The van der Waals surface area contributed by atoms with Gasteiger partial charge in [-0.25, -0.2) is 8.78 Å². The van der Waals surface area contributed by atoms with Crippen molar-refractivity contribution in [1.29, 1.82) is 0 Å². The molecule has 1 aliphatic rings. The first kappa shape index (κ1) is 16.1. The van der Waals surface area contributed by atoms with Crippen LogP contribution in [0.25, 0.3) is 0 Å². The number of benzene rings is 2. The van der Waals surface area contributed by atoms with Crippen molar-refractivity contribution in [1.82, 2.24) is 5.32 Å². The summed E-state index contributed by atoms with van der Waals surface area (Å²) in [7, 11) is 0. The second kappa shape index (κ2) is 6.78. The Hall–Kier alpha value is -2.76. The van der Waals surface area contributed by atoms with Gasteiger partial charge in [-0.3, -0.25) is 9.59 Å². The van der Waals surface area contributed by atoms with Gasteiger partial charge in [0.2, 0.25) is 11.8 Å². The molecule has 0 unspecified atom stereocenters. The molecule has 6 heteroatoms. The number of nitrogens with one attached hydrogen (secondary N) is 1. The van der Waals surface area contributed by atoms with E-state index < -0.39 is 23.6 Å². The van der Waals surface area contributed by atoms with E-state index in [1.54, 1.807) is 24.3 Å². The first-order valence-corrected chi connectivity index (χ1v) is 7.65. The molecule has 1 N–H and O–H groups in total. The van der Waals surface area contributed by atoms with Gasteiger partial charge < -0.3 is 10.2 Å². The minimum Gasteiger partial charge on any atom is -0.344 e. The highest BCUT2D eigenvalue weighted by Crippen LogP contribution is 2.24. The van der Waals surface area contributed by atoms with Crippen LogP contribution in [0.5, 0.6) is 0 Å². The smallest absolute Gasteiger partial charge is 0.249 e. The van der Waals surface area contributed by atoms with Crippen molar-refractivity contribution in [3.63, 3.8) is 0 Å². The van der Waals surface area contributed by atoms with Gasteiger partial charge >= 0.3 is 0 Å². The zero-order valence-electron chi connectivity index (χ0n) is 12.8. The van der Waals surface area contributed by atoms with Crippen molar-refractivity contribution in [3.8, 4) is 0 Å². The van der Waals surface area contributed by atoms with Crippen LogP contribution in [0.1, 0.15) is 12.0 Å². The average Bonchev–Trinajstić information content (AvgIpc) is 2.91. The van der Waals surface area contributed by atoms with E-state index in [1.165, 1.54) is 29.2 Å². The lowest BCUT2D eigenvalue weighted by Gasteiger charge is -2.17. The van der Waals surface area contributed by atoms with Gasteiger partial charge in [-0.05, 0) is 30.2 Å². The third kappa shape index (κ3) is 3.27. The highest BCUT2D eigenvalue weighted by Gasteiger charge is 2.34. The number of hydrogen-bond donors (Lipinski definition) is 1. The predicted octanol–water partition coefficient (Wildman–Crippen LogP) is 2.43. The fourth-order valence-corrected chi connectivity index (χ4v) is 2.78. The maximum Gasteiger partial charge on any atom is 0.249 e. The van der Waals surface area contributed by atoms with Crippen molar-refractivity contribution < 1.29 is 18.4 Å². The van der Waals surface area contributed by atoms with E-state index in [4.69, 9.17) is 0 Å². The minimum atomic E-state index is -0.719. The lowest BCUT2D eigenvalue weighted by atomic mass is 10.1. The van der Waals surface area contributed by atoms with Gasteiger partial charge in [0.1, 0.15) is 17.7 Å². The molecule has 2 aromatic carbocycles. The standard InChI is InChI=1S/C18H16F2N2O2/c19-13-6-2-1-5-12(13)11-17(23)21-15-9-10-22(18(15)24)16-8-4-3-7-14(16)20/h1-8,15H,9-11H2,(H,21,23)/t15-/m0/s1. The van der Waals surface area contributed by atoms with Crippen LogP contribution in [0, 0.1) is 11.6 Å². The van der Waals surface area contributed by atoms with Crippen molar-refractivity contribution in [3.05, 3.63) is 65.7 Å². The van der Waals surface area contributed by atoms with Crippen molar-refractivity contribution in [2.45, 2.75) is 18.9 Å². The topological polar surface area (TPSA) is 49.4 Å². The number of nitrogens with zero attached hydrogens (tertiary/aromatic N) is 1. The number of amides is 2. The van der Waals surface area contributed by atoms with Crippen LogP contribution >= 0.6 is 0 Å². The molecule has 1 heterocycles. The fraction of sp³-hybridized carbons (Fsp3) is 0.222. The summed E-state index contributed by atoms with van der Waals surface area (Å²) in [6, 6.07) is 11.3. The Morgan fingerprint density at radius 1 is 1.08 bits per heavy atom. The molecule has 0 aliphatic carbocycles. The number of halogens is 2. The number of hydrogen-bond acceptors (Lipinski definition) is 2. The summed E-state index contributed by atoms with van der Waals surface area (Å²) in [5.74, 6) is -1.74. The zero-order chi connectivity index (χ0) is 17.1. The Labute approximate surface area is 138 Å². The van der Waals surface area contributed by atoms with Gasteiger partial charge in [0.25, 0.3) is 0 Å². The van der Waals surface area contributed by atoms with Crippen LogP contribution < -0.4 is 10.2 Å². The predicted molar refractivity (Wildman–Crippen MR) is 85.4 cm³/mol. The van der Waals surface area contributed by atoms with E-state index in [-0.39, 0.29) is 23.6 Å². The van der Waals surface area contributed by atoms with E-state index in [0.717, 1.165) is 0 Å². The Balaban J connectivity index is 1.65. The molecule has 1 saturated heterocycles. The largest absolute Gasteiger partial charge is 0.344 e. The monoisotopic (exact) mass is 330 g/mol. The molecule has 3 rings (SSSR count). The van der Waals surface area contributed by atoms with E-state index in [1.807, 2.05) is 0 Å². The summed E-state index contributed by atoms with van der Waals surface area (Å²) in [5, 5.41) is 2.60. The molecule has 2 amide bonds. The molecule has 0 radical (unpaired) electrons. The lowest BCUT2D eigenvalue weighted by Crippen LogP contribution is -2.42. The van der Waals surface area contributed by atoms with Gasteiger partial charge in [-0.15, -0.1) is 0 Å². The van der Waals surface area contributed by atoms with Gasteiger partial charge in [-0.2, -0.15) is 0 Å². The third-order valence-electron chi connectivity index (χ3n) is 3.99. The highest BCUT2D eigenvalue weighted by molar-refractivity contribution is 6.01. The molecule has 124 valence electrons. The van der Waals surface area contributed by atoms with Crippen molar-refractivity contribution in [2.24, 2.45) is 0 Å². The first-order chi connectivity index (χ1) is 11.6. The van der Waals surface area contributed by atoms with Gasteiger partial charge in [0.05, 0.1) is 12.1 Å². The van der Waals surface area contributed by atoms with Crippen LogP contribution in [0.2, 0.25) is 0 Å². The van der Waals surface area contributed by atoms with Gasteiger partial charge in [-0.1, -0.05) is 30.3 Å². The average molecular weight is 330 g/mol. The van der Waals surface area contributed by atoms with E-state index >= 15 is 0 Å². The Bertz CT molecular complexity index is 779. The molecular formula is C18H16F2N2O2. The molecule has 0 spiro atoms. The molecule has 2 aromatic rings.